The van der Waals surface area contributed by atoms with E-state index in [1.165, 1.54) is 0 Å². The maximum atomic E-state index is 8.84. The zero-order chi connectivity index (χ0) is 7.61. The number of hydrogen-bond donors (Lipinski definition) is 2. The molecule has 55 valence electrons. The molecule has 0 aliphatic heterocycles. The molecular weight excluding hydrogens is 126 g/mol. The van der Waals surface area contributed by atoms with Gasteiger partial charge < -0.3 is 10.8 Å². The topological polar surface area (TPSA) is 46.2 Å². The lowest BCUT2D eigenvalue weighted by molar-refractivity contribution is 0.222. The molecule has 0 aromatic heterocycles. The molecule has 0 aromatic rings. The molecule has 0 heterocycles. The number of aliphatic hydroxyl groups excluding tert-OH is 1. The van der Waals surface area contributed by atoms with E-state index in [2.05, 4.69) is 0 Å². The van der Waals surface area contributed by atoms with E-state index in [1.54, 1.807) is 0 Å². The highest BCUT2D eigenvalue weighted by molar-refractivity contribution is 5.41. The average Bonchev–Trinajstić information content (AvgIpc) is 2.38. The molecule has 0 saturated heterocycles. The fourth-order valence-electron chi connectivity index (χ4n) is 0.846. The van der Waals surface area contributed by atoms with E-state index >= 15 is 0 Å². The summed E-state index contributed by atoms with van der Waals surface area (Å²) in [5, 5.41) is 8.84. The first-order valence-corrected chi connectivity index (χ1v) is 3.29. The molecule has 10 heavy (non-hydrogen) atoms. The summed E-state index contributed by atoms with van der Waals surface area (Å²) in [6.07, 6.45) is 7.65. The summed E-state index contributed by atoms with van der Waals surface area (Å²) in [5.74, 6) is 0.981. The predicted molar refractivity (Wildman–Crippen MR) is 40.1 cm³/mol. The average molecular weight is 138 g/mol. The molecule has 1 saturated carbocycles. The standard InChI is InChI=1S/C8H12NO/c1-8(9,6-10)7-4-2-3-5-7/h2-5,10H,6,9H2,1H3/t8-/m0/s1. The Bertz CT molecular complexity index is 106. The van der Waals surface area contributed by atoms with Gasteiger partial charge in [-0.05, 0) is 32.6 Å². The normalized spacial score (nSPS) is 26.7. The summed E-state index contributed by atoms with van der Waals surface area (Å²) in [6.45, 7) is 1.79. The highest BCUT2D eigenvalue weighted by Gasteiger charge is 2.32. The second-order valence-electron chi connectivity index (χ2n) is 2.75. The van der Waals surface area contributed by atoms with Gasteiger partial charge in [-0.3, -0.25) is 0 Å². The van der Waals surface area contributed by atoms with Crippen LogP contribution < -0.4 is 5.73 Å². The van der Waals surface area contributed by atoms with Crippen LogP contribution in [0, 0.1) is 31.6 Å². The van der Waals surface area contributed by atoms with Gasteiger partial charge in [0, 0.05) is 11.5 Å². The number of hydrogen-bond acceptors (Lipinski definition) is 2. The van der Waals surface area contributed by atoms with Crippen molar-refractivity contribution in [2.75, 3.05) is 6.61 Å². The fourth-order valence-corrected chi connectivity index (χ4v) is 0.846. The van der Waals surface area contributed by atoms with Crippen molar-refractivity contribution >= 4 is 0 Å². The predicted octanol–water partition coefficient (Wildman–Crippen LogP) is 0.101. The van der Waals surface area contributed by atoms with Gasteiger partial charge in [-0.15, -0.1) is 0 Å². The van der Waals surface area contributed by atoms with Crippen LogP contribution in [0.1, 0.15) is 6.92 Å². The van der Waals surface area contributed by atoms with Crippen LogP contribution in [-0.2, 0) is 0 Å². The molecule has 0 amide bonds. The van der Waals surface area contributed by atoms with Crippen molar-refractivity contribution in [3.8, 4) is 0 Å². The van der Waals surface area contributed by atoms with E-state index in [0.717, 1.165) is 5.92 Å². The van der Waals surface area contributed by atoms with Crippen molar-refractivity contribution in [1.29, 1.82) is 0 Å². The van der Waals surface area contributed by atoms with Crippen molar-refractivity contribution in [3.63, 3.8) is 0 Å². The lowest BCUT2D eigenvalue weighted by Gasteiger charge is -2.27. The molecule has 2 heteroatoms. The number of rotatable bonds is 2. The van der Waals surface area contributed by atoms with Crippen LogP contribution in [0.25, 0.3) is 0 Å². The highest BCUT2D eigenvalue weighted by Crippen LogP contribution is 2.31. The molecule has 2 nitrogen and oxygen atoms in total. The second kappa shape index (κ2) is 2.89. The Balaban J connectivity index is 2.45. The van der Waals surface area contributed by atoms with Crippen LogP contribution in [0.4, 0.5) is 0 Å². The molecule has 5 radical (unpaired) electrons. The maximum Gasteiger partial charge on any atom is 0.0614 e. The number of nitrogens with two attached hydrogens (primary N) is 1. The third-order valence-corrected chi connectivity index (χ3v) is 1.65. The van der Waals surface area contributed by atoms with E-state index < -0.39 is 5.54 Å². The van der Waals surface area contributed by atoms with E-state index in [1.807, 2.05) is 32.6 Å². The van der Waals surface area contributed by atoms with Gasteiger partial charge in [0.1, 0.15) is 0 Å². The highest BCUT2D eigenvalue weighted by atomic mass is 16.3. The fraction of sp³-hybridized carbons (Fsp3) is 0.375. The molecule has 1 atom stereocenters. The van der Waals surface area contributed by atoms with Crippen LogP contribution in [0.15, 0.2) is 0 Å². The minimum absolute atomic E-state index is 0.0169. The van der Waals surface area contributed by atoms with Gasteiger partial charge >= 0.3 is 0 Å². The molecule has 1 aliphatic rings. The van der Waals surface area contributed by atoms with E-state index in [9.17, 15) is 0 Å². The van der Waals surface area contributed by atoms with Gasteiger partial charge in [0.2, 0.25) is 0 Å². The van der Waals surface area contributed by atoms with E-state index in [4.69, 9.17) is 10.8 Å². The summed E-state index contributed by atoms with van der Waals surface area (Å²) in [6, 6.07) is 0. The first-order valence-electron chi connectivity index (χ1n) is 3.29. The molecule has 1 fully saturated rings. The summed E-state index contributed by atoms with van der Waals surface area (Å²) in [7, 11) is 0. The van der Waals surface area contributed by atoms with Gasteiger partial charge in [0.15, 0.2) is 0 Å². The lowest BCUT2D eigenvalue weighted by Crippen LogP contribution is -2.45. The quantitative estimate of drug-likeness (QED) is 0.568. The summed E-state index contributed by atoms with van der Waals surface area (Å²) < 4.78 is 0. The van der Waals surface area contributed by atoms with Crippen LogP contribution >= 0.6 is 0 Å². The maximum absolute atomic E-state index is 8.84. The molecule has 0 aromatic carbocycles. The van der Waals surface area contributed by atoms with Crippen molar-refractivity contribution in [2.45, 2.75) is 12.5 Å². The Morgan fingerprint density at radius 1 is 1.50 bits per heavy atom. The Kier molecular flexibility index (Phi) is 2.32. The Hall–Kier alpha value is -0.0800. The third-order valence-electron chi connectivity index (χ3n) is 1.65. The van der Waals surface area contributed by atoms with Crippen LogP contribution in [-0.4, -0.2) is 17.3 Å². The summed E-state index contributed by atoms with van der Waals surface area (Å²) >= 11 is 0. The van der Waals surface area contributed by atoms with Crippen molar-refractivity contribution in [3.05, 3.63) is 31.6 Å². The monoisotopic (exact) mass is 138 g/mol. The van der Waals surface area contributed by atoms with Crippen molar-refractivity contribution < 1.29 is 5.11 Å². The zero-order valence-electron chi connectivity index (χ0n) is 6.04. The Labute approximate surface area is 62.4 Å². The second-order valence-corrected chi connectivity index (χ2v) is 2.75. The molecule has 0 bridgehead atoms. The van der Waals surface area contributed by atoms with Gasteiger partial charge in [0.25, 0.3) is 0 Å². The zero-order valence-corrected chi connectivity index (χ0v) is 6.04. The largest absolute Gasteiger partial charge is 0.394 e. The van der Waals surface area contributed by atoms with Crippen LogP contribution in [0.2, 0.25) is 0 Å². The van der Waals surface area contributed by atoms with E-state index in [0.29, 0.717) is 0 Å². The van der Waals surface area contributed by atoms with Gasteiger partial charge in [0.05, 0.1) is 6.61 Å². The molecule has 1 aliphatic carbocycles. The minimum Gasteiger partial charge on any atom is -0.394 e. The Morgan fingerprint density at radius 2 is 2.00 bits per heavy atom. The summed E-state index contributed by atoms with van der Waals surface area (Å²) in [4.78, 5) is 0. The van der Waals surface area contributed by atoms with Gasteiger partial charge in [-0.1, -0.05) is 0 Å². The molecular formula is C8H12NO. The third kappa shape index (κ3) is 1.50. The van der Waals surface area contributed by atoms with Crippen LogP contribution in [0.5, 0.6) is 0 Å². The van der Waals surface area contributed by atoms with Crippen molar-refractivity contribution in [1.82, 2.24) is 0 Å². The first-order chi connectivity index (χ1) is 4.67. The SMILES string of the molecule is C[C@](N)(CO)[C]1[CH][CH][CH][CH]1. The Morgan fingerprint density at radius 3 is 2.40 bits per heavy atom. The minimum atomic E-state index is -0.580. The molecule has 3 N–H and O–H groups in total. The molecule has 0 spiro atoms. The van der Waals surface area contributed by atoms with E-state index in [-0.39, 0.29) is 6.61 Å². The van der Waals surface area contributed by atoms with Crippen LogP contribution in [0.3, 0.4) is 0 Å². The lowest BCUT2D eigenvalue weighted by atomic mass is 9.86. The van der Waals surface area contributed by atoms with Gasteiger partial charge in [-0.2, -0.15) is 0 Å². The first kappa shape index (κ1) is 8.02. The summed E-state index contributed by atoms with van der Waals surface area (Å²) in [5.41, 5.74) is 5.15. The number of aliphatic hydroxyl groups is 1. The van der Waals surface area contributed by atoms with Gasteiger partial charge in [-0.25, -0.2) is 0 Å². The molecule has 0 unspecified atom stereocenters. The smallest absolute Gasteiger partial charge is 0.0614 e. The van der Waals surface area contributed by atoms with Crippen molar-refractivity contribution in [2.24, 2.45) is 5.73 Å². The molecule has 1 rings (SSSR count).